The first-order chi connectivity index (χ1) is 8.81. The molecule has 0 heterocycles. The van der Waals surface area contributed by atoms with Crippen LogP contribution in [0.5, 0.6) is 0 Å². The van der Waals surface area contributed by atoms with Gasteiger partial charge in [0.25, 0.3) is 5.91 Å². The smallest absolute Gasteiger partial charge is 0.252 e. The van der Waals surface area contributed by atoms with E-state index < -0.39 is 17.0 Å². The third-order valence-electron chi connectivity index (χ3n) is 3.22. The molecule has 106 valence electrons. The van der Waals surface area contributed by atoms with Crippen molar-refractivity contribution in [3.63, 3.8) is 0 Å². The first kappa shape index (κ1) is 15.6. The lowest BCUT2D eigenvalue weighted by Crippen LogP contribution is -2.39. The lowest BCUT2D eigenvalue weighted by molar-refractivity contribution is -0.189. The van der Waals surface area contributed by atoms with Crippen LogP contribution in [0.3, 0.4) is 0 Å². The zero-order valence-corrected chi connectivity index (χ0v) is 11.7. The van der Waals surface area contributed by atoms with E-state index in [0.29, 0.717) is 12.0 Å². The van der Waals surface area contributed by atoms with Crippen molar-refractivity contribution in [3.8, 4) is 0 Å². The molecule has 0 aliphatic rings. The number of hydroxylamine groups is 2. The van der Waals surface area contributed by atoms with Gasteiger partial charge in [-0.15, -0.1) is 0 Å². The quantitative estimate of drug-likeness (QED) is 0.769. The number of benzene rings is 1. The molecule has 1 aromatic carbocycles. The number of carbonyl (C=O) groups is 1. The molecule has 19 heavy (non-hydrogen) atoms. The minimum Gasteiger partial charge on any atom is -0.274 e. The van der Waals surface area contributed by atoms with Gasteiger partial charge >= 0.3 is 0 Å². The number of hydrogen-bond acceptors (Lipinski definition) is 2. The van der Waals surface area contributed by atoms with Crippen LogP contribution in [0.15, 0.2) is 18.2 Å². The van der Waals surface area contributed by atoms with Crippen LogP contribution < -0.4 is 0 Å². The Kier molecular flexibility index (Phi) is 5.00. The van der Waals surface area contributed by atoms with E-state index in [1.165, 1.54) is 13.2 Å². The number of amides is 1. The summed E-state index contributed by atoms with van der Waals surface area (Å²) < 4.78 is 25.9. The summed E-state index contributed by atoms with van der Waals surface area (Å²) >= 11 is 0. The van der Waals surface area contributed by atoms with Crippen molar-refractivity contribution >= 4 is 5.91 Å². The highest BCUT2D eigenvalue weighted by Crippen LogP contribution is 2.24. The minimum absolute atomic E-state index is 0.0793. The summed E-state index contributed by atoms with van der Waals surface area (Å²) in [5, 5.41) is 1.16. The molecular weight excluding hydrogens is 252 g/mol. The molecule has 0 bridgehead atoms. The third-order valence-corrected chi connectivity index (χ3v) is 3.22. The van der Waals surface area contributed by atoms with E-state index in [-0.39, 0.29) is 12.5 Å². The Balaban J connectivity index is 2.88. The van der Waals surface area contributed by atoms with Crippen LogP contribution in [-0.4, -0.2) is 18.1 Å². The van der Waals surface area contributed by atoms with Crippen molar-refractivity contribution in [2.75, 3.05) is 7.11 Å². The van der Waals surface area contributed by atoms with Crippen LogP contribution in [0.1, 0.15) is 32.8 Å². The van der Waals surface area contributed by atoms with Gasteiger partial charge in [0.2, 0.25) is 0 Å². The minimum atomic E-state index is -0.934. The van der Waals surface area contributed by atoms with Crippen molar-refractivity contribution in [1.29, 1.82) is 0 Å². The van der Waals surface area contributed by atoms with Crippen LogP contribution in [0.4, 0.5) is 8.78 Å². The average Bonchev–Trinajstić information content (AvgIpc) is 2.39. The molecule has 5 heteroatoms. The highest BCUT2D eigenvalue weighted by Gasteiger charge is 2.30. The van der Waals surface area contributed by atoms with Crippen LogP contribution >= 0.6 is 0 Å². The zero-order valence-electron chi connectivity index (χ0n) is 11.7. The van der Waals surface area contributed by atoms with Gasteiger partial charge in [-0.2, -0.15) is 0 Å². The van der Waals surface area contributed by atoms with E-state index in [9.17, 15) is 13.6 Å². The SMILES string of the molecule is CCC(C)(C)C(=O)N(Cc1ccc(F)c(F)c1)OC. The van der Waals surface area contributed by atoms with E-state index in [0.717, 1.165) is 17.2 Å². The predicted octanol–water partition coefficient (Wildman–Crippen LogP) is 3.29. The summed E-state index contributed by atoms with van der Waals surface area (Å²) in [6.45, 7) is 5.61. The molecule has 0 spiro atoms. The molecule has 0 fully saturated rings. The number of halogens is 2. The molecule has 0 aliphatic carbocycles. The molecule has 0 N–H and O–H groups in total. The van der Waals surface area contributed by atoms with Gasteiger partial charge in [0.05, 0.1) is 13.7 Å². The largest absolute Gasteiger partial charge is 0.274 e. The molecular formula is C14H19F2NO2. The fourth-order valence-electron chi connectivity index (χ4n) is 1.51. The Labute approximate surface area is 112 Å². The van der Waals surface area contributed by atoms with Crippen LogP contribution in [0.25, 0.3) is 0 Å². The van der Waals surface area contributed by atoms with Gasteiger partial charge in [0.15, 0.2) is 11.6 Å². The zero-order chi connectivity index (χ0) is 14.6. The maximum absolute atomic E-state index is 13.1. The average molecular weight is 271 g/mol. The second kappa shape index (κ2) is 6.10. The molecule has 0 saturated carbocycles. The molecule has 0 aliphatic heterocycles. The summed E-state index contributed by atoms with van der Waals surface area (Å²) in [6.07, 6.45) is 0.656. The van der Waals surface area contributed by atoms with Gasteiger partial charge < -0.3 is 0 Å². The van der Waals surface area contributed by atoms with E-state index >= 15 is 0 Å². The Morgan fingerprint density at radius 3 is 2.42 bits per heavy atom. The normalized spacial score (nSPS) is 11.5. The van der Waals surface area contributed by atoms with Gasteiger partial charge in [0.1, 0.15) is 0 Å². The molecule has 1 aromatic rings. The number of nitrogens with zero attached hydrogens (tertiary/aromatic N) is 1. The van der Waals surface area contributed by atoms with Crippen molar-refractivity contribution in [2.45, 2.75) is 33.7 Å². The maximum atomic E-state index is 13.1. The summed E-state index contributed by atoms with van der Waals surface area (Å²) in [6, 6.07) is 3.53. The predicted molar refractivity (Wildman–Crippen MR) is 68.0 cm³/mol. The van der Waals surface area contributed by atoms with Gasteiger partial charge in [-0.3, -0.25) is 9.63 Å². The molecule has 3 nitrogen and oxygen atoms in total. The molecule has 0 radical (unpaired) electrons. The van der Waals surface area contributed by atoms with Gasteiger partial charge in [0, 0.05) is 5.41 Å². The summed E-state index contributed by atoms with van der Waals surface area (Å²) in [7, 11) is 1.38. The summed E-state index contributed by atoms with van der Waals surface area (Å²) in [5.41, 5.74) is -0.0878. The third kappa shape index (κ3) is 3.73. The standard InChI is InChI=1S/C14H19F2NO2/c1-5-14(2,3)13(18)17(19-4)9-10-6-7-11(15)12(16)8-10/h6-8H,5,9H2,1-4H3. The van der Waals surface area contributed by atoms with E-state index in [2.05, 4.69) is 0 Å². The first-order valence-electron chi connectivity index (χ1n) is 6.11. The van der Waals surface area contributed by atoms with Gasteiger partial charge in [-0.05, 0) is 24.1 Å². The van der Waals surface area contributed by atoms with Gasteiger partial charge in [-0.1, -0.05) is 26.8 Å². The Bertz CT molecular complexity index is 461. The Morgan fingerprint density at radius 1 is 1.32 bits per heavy atom. The number of carbonyl (C=O) groups excluding carboxylic acids is 1. The molecule has 1 amide bonds. The lowest BCUT2D eigenvalue weighted by Gasteiger charge is -2.29. The monoisotopic (exact) mass is 271 g/mol. The van der Waals surface area contributed by atoms with E-state index in [1.54, 1.807) is 0 Å². The van der Waals surface area contributed by atoms with Crippen molar-refractivity contribution in [2.24, 2.45) is 5.41 Å². The fourth-order valence-corrected chi connectivity index (χ4v) is 1.51. The van der Waals surface area contributed by atoms with Crippen molar-refractivity contribution in [1.82, 2.24) is 5.06 Å². The highest BCUT2D eigenvalue weighted by atomic mass is 19.2. The highest BCUT2D eigenvalue weighted by molar-refractivity contribution is 5.80. The number of hydrogen-bond donors (Lipinski definition) is 0. The molecule has 0 saturated heterocycles. The Hall–Kier alpha value is -1.49. The van der Waals surface area contributed by atoms with E-state index in [1.807, 2.05) is 20.8 Å². The number of rotatable bonds is 5. The summed E-state index contributed by atoms with van der Waals surface area (Å²) in [4.78, 5) is 17.3. The van der Waals surface area contributed by atoms with Crippen molar-refractivity contribution in [3.05, 3.63) is 35.4 Å². The van der Waals surface area contributed by atoms with E-state index in [4.69, 9.17) is 4.84 Å². The van der Waals surface area contributed by atoms with Crippen LogP contribution in [0.2, 0.25) is 0 Å². The second-order valence-electron chi connectivity index (χ2n) is 5.01. The van der Waals surface area contributed by atoms with Crippen LogP contribution in [0, 0.1) is 17.0 Å². The fraction of sp³-hybridized carbons (Fsp3) is 0.500. The van der Waals surface area contributed by atoms with Crippen LogP contribution in [-0.2, 0) is 16.2 Å². The van der Waals surface area contributed by atoms with Crippen molar-refractivity contribution < 1.29 is 18.4 Å². The second-order valence-corrected chi connectivity index (χ2v) is 5.01. The maximum Gasteiger partial charge on any atom is 0.252 e. The lowest BCUT2D eigenvalue weighted by atomic mass is 9.89. The van der Waals surface area contributed by atoms with Gasteiger partial charge in [-0.25, -0.2) is 13.8 Å². The molecule has 0 aromatic heterocycles. The topological polar surface area (TPSA) is 29.5 Å². The molecule has 0 unspecified atom stereocenters. The Morgan fingerprint density at radius 2 is 1.95 bits per heavy atom. The summed E-state index contributed by atoms with van der Waals surface area (Å²) in [5.74, 6) is -2.04. The molecule has 0 atom stereocenters. The first-order valence-corrected chi connectivity index (χ1v) is 6.11. The molecule has 1 rings (SSSR count).